The van der Waals surface area contributed by atoms with Crippen LogP contribution in [0.2, 0.25) is 0 Å². The molecule has 126 valence electrons. The first-order valence-electron chi connectivity index (χ1n) is 8.03. The molecule has 0 bridgehead atoms. The van der Waals surface area contributed by atoms with Gasteiger partial charge in [0.1, 0.15) is 11.5 Å². The number of ether oxygens (including phenoxy) is 1. The van der Waals surface area contributed by atoms with E-state index in [-0.39, 0.29) is 5.78 Å². The van der Waals surface area contributed by atoms with Gasteiger partial charge in [-0.1, -0.05) is 24.3 Å². The summed E-state index contributed by atoms with van der Waals surface area (Å²) in [7, 11) is 1.34. The molecule has 0 saturated carbocycles. The van der Waals surface area contributed by atoms with E-state index in [0.717, 1.165) is 17.0 Å². The van der Waals surface area contributed by atoms with E-state index in [1.54, 1.807) is 6.07 Å². The molecule has 1 aliphatic heterocycles. The quantitative estimate of drug-likeness (QED) is 0.853. The molecule has 5 heteroatoms. The standard InChI is InChI=1S/C20H17NO4/c1-10-8-9-14(25-10)16-15(20(23)24-3)11(2)21-18-12-6-4-5-7-13(12)19(22)17(16)18/h4-9,16,21H,1-3H3/t16-/m1/s1. The highest BCUT2D eigenvalue weighted by atomic mass is 16.5. The molecule has 2 aromatic rings. The first kappa shape index (κ1) is 15.4. The van der Waals surface area contributed by atoms with Crippen LogP contribution in [-0.2, 0) is 9.53 Å². The molecular weight excluding hydrogens is 318 g/mol. The largest absolute Gasteiger partial charge is 0.466 e. The van der Waals surface area contributed by atoms with Gasteiger partial charge < -0.3 is 14.5 Å². The van der Waals surface area contributed by atoms with Crippen LogP contribution in [0.1, 0.15) is 40.3 Å². The maximum absolute atomic E-state index is 13.1. The number of benzene rings is 1. The SMILES string of the molecule is COC(=O)C1=C(C)NC2=C(C(=O)c3ccccc32)[C@@H]1c1ccc(C)o1. The monoisotopic (exact) mass is 335 g/mol. The summed E-state index contributed by atoms with van der Waals surface area (Å²) in [4.78, 5) is 25.5. The lowest BCUT2D eigenvalue weighted by Gasteiger charge is -2.27. The Morgan fingerprint density at radius 1 is 1.12 bits per heavy atom. The van der Waals surface area contributed by atoms with Gasteiger partial charge in [0.25, 0.3) is 0 Å². The molecular formula is C20H17NO4. The van der Waals surface area contributed by atoms with Crippen LogP contribution in [0.3, 0.4) is 0 Å². The van der Waals surface area contributed by atoms with Gasteiger partial charge in [-0.3, -0.25) is 4.79 Å². The van der Waals surface area contributed by atoms with Crippen molar-refractivity contribution < 1.29 is 18.7 Å². The minimum absolute atomic E-state index is 0.0916. The Labute approximate surface area is 145 Å². The molecule has 0 unspecified atom stereocenters. The Hall–Kier alpha value is -3.08. The molecule has 1 aliphatic carbocycles. The number of Topliss-reactive ketones (excluding diaryl/α,β-unsaturated/α-hetero) is 1. The molecule has 25 heavy (non-hydrogen) atoms. The Kier molecular flexibility index (Phi) is 3.39. The second-order valence-corrected chi connectivity index (χ2v) is 6.20. The van der Waals surface area contributed by atoms with Gasteiger partial charge >= 0.3 is 5.97 Å². The van der Waals surface area contributed by atoms with Crippen LogP contribution in [0.4, 0.5) is 0 Å². The highest BCUT2D eigenvalue weighted by Gasteiger charge is 2.44. The van der Waals surface area contributed by atoms with E-state index in [0.29, 0.717) is 28.2 Å². The van der Waals surface area contributed by atoms with Crippen molar-refractivity contribution in [3.8, 4) is 0 Å². The van der Waals surface area contributed by atoms with Gasteiger partial charge in [0, 0.05) is 22.4 Å². The van der Waals surface area contributed by atoms with Crippen LogP contribution in [0.15, 0.2) is 57.7 Å². The normalized spacial score (nSPS) is 18.8. The van der Waals surface area contributed by atoms with Crippen molar-refractivity contribution in [1.82, 2.24) is 5.32 Å². The number of furan rings is 1. The summed E-state index contributed by atoms with van der Waals surface area (Å²) in [6.45, 7) is 3.64. The summed E-state index contributed by atoms with van der Waals surface area (Å²) in [6.07, 6.45) is 0. The minimum atomic E-state index is -0.586. The number of carbonyl (C=O) groups is 2. The zero-order valence-electron chi connectivity index (χ0n) is 14.2. The summed E-state index contributed by atoms with van der Waals surface area (Å²) in [6, 6.07) is 11.1. The number of rotatable bonds is 2. The molecule has 1 aromatic carbocycles. The number of esters is 1. The molecule has 1 N–H and O–H groups in total. The zero-order valence-corrected chi connectivity index (χ0v) is 14.2. The smallest absolute Gasteiger partial charge is 0.336 e. The average molecular weight is 335 g/mol. The van der Waals surface area contributed by atoms with Crippen LogP contribution < -0.4 is 5.32 Å². The molecule has 0 amide bonds. The number of carbonyl (C=O) groups excluding carboxylic acids is 2. The van der Waals surface area contributed by atoms with Crippen molar-refractivity contribution in [2.75, 3.05) is 7.11 Å². The molecule has 1 aromatic heterocycles. The van der Waals surface area contributed by atoms with E-state index in [9.17, 15) is 9.59 Å². The van der Waals surface area contributed by atoms with Gasteiger partial charge in [-0.25, -0.2) is 4.79 Å². The molecule has 0 radical (unpaired) electrons. The van der Waals surface area contributed by atoms with Crippen molar-refractivity contribution in [2.24, 2.45) is 0 Å². The molecule has 0 saturated heterocycles. The van der Waals surface area contributed by atoms with Crippen LogP contribution in [-0.4, -0.2) is 18.9 Å². The van der Waals surface area contributed by atoms with E-state index in [2.05, 4.69) is 5.32 Å². The lowest BCUT2D eigenvalue weighted by atomic mass is 9.83. The maximum Gasteiger partial charge on any atom is 0.336 e. The van der Waals surface area contributed by atoms with Crippen LogP contribution >= 0.6 is 0 Å². The first-order chi connectivity index (χ1) is 12.0. The zero-order chi connectivity index (χ0) is 17.7. The Bertz CT molecular complexity index is 977. The average Bonchev–Trinajstić information content (AvgIpc) is 3.16. The maximum atomic E-state index is 13.1. The lowest BCUT2D eigenvalue weighted by Crippen LogP contribution is -2.28. The Balaban J connectivity index is 1.96. The van der Waals surface area contributed by atoms with Gasteiger partial charge in [0.15, 0.2) is 5.78 Å². The second-order valence-electron chi connectivity index (χ2n) is 6.20. The summed E-state index contributed by atoms with van der Waals surface area (Å²) in [5.41, 5.74) is 3.81. The fourth-order valence-corrected chi connectivity index (χ4v) is 3.60. The summed E-state index contributed by atoms with van der Waals surface area (Å²) in [5, 5.41) is 3.23. The molecule has 0 spiro atoms. The molecule has 5 nitrogen and oxygen atoms in total. The minimum Gasteiger partial charge on any atom is -0.466 e. The summed E-state index contributed by atoms with van der Waals surface area (Å²) >= 11 is 0. The fourth-order valence-electron chi connectivity index (χ4n) is 3.60. The van der Waals surface area contributed by atoms with E-state index >= 15 is 0 Å². The third-order valence-electron chi connectivity index (χ3n) is 4.70. The van der Waals surface area contributed by atoms with Gasteiger partial charge in [-0.15, -0.1) is 0 Å². The third-order valence-corrected chi connectivity index (χ3v) is 4.70. The lowest BCUT2D eigenvalue weighted by molar-refractivity contribution is -0.136. The van der Waals surface area contributed by atoms with Gasteiger partial charge in [-0.05, 0) is 26.0 Å². The first-order valence-corrected chi connectivity index (χ1v) is 8.03. The number of allylic oxidation sites excluding steroid dienone is 2. The number of fused-ring (bicyclic) bond motifs is 2. The van der Waals surface area contributed by atoms with Crippen molar-refractivity contribution in [3.63, 3.8) is 0 Å². The van der Waals surface area contributed by atoms with E-state index in [1.165, 1.54) is 7.11 Å². The molecule has 4 rings (SSSR count). The van der Waals surface area contributed by atoms with Gasteiger partial charge in [0.05, 0.1) is 24.3 Å². The Morgan fingerprint density at radius 3 is 2.48 bits per heavy atom. The van der Waals surface area contributed by atoms with Gasteiger partial charge in [-0.2, -0.15) is 0 Å². The third kappa shape index (κ3) is 2.16. The molecule has 1 atom stereocenters. The van der Waals surface area contributed by atoms with Crippen molar-refractivity contribution >= 4 is 17.4 Å². The summed E-state index contributed by atoms with van der Waals surface area (Å²) in [5.74, 6) is 0.135. The van der Waals surface area contributed by atoms with Crippen LogP contribution in [0, 0.1) is 6.92 Å². The van der Waals surface area contributed by atoms with E-state index < -0.39 is 11.9 Å². The number of dihydropyridines is 1. The number of nitrogens with one attached hydrogen (secondary N) is 1. The topological polar surface area (TPSA) is 68.5 Å². The molecule has 2 aliphatic rings. The highest BCUT2D eigenvalue weighted by Crippen LogP contribution is 2.46. The highest BCUT2D eigenvalue weighted by molar-refractivity contribution is 6.23. The van der Waals surface area contributed by atoms with E-state index in [1.807, 2.05) is 44.2 Å². The number of aryl methyl sites for hydroxylation is 1. The molecule has 0 fully saturated rings. The van der Waals surface area contributed by atoms with E-state index in [4.69, 9.17) is 9.15 Å². The number of hydrogen-bond acceptors (Lipinski definition) is 5. The predicted molar refractivity (Wildman–Crippen MR) is 91.7 cm³/mol. The summed E-state index contributed by atoms with van der Waals surface area (Å²) < 4.78 is 10.8. The second kappa shape index (κ2) is 5.48. The fraction of sp³-hybridized carbons (Fsp3) is 0.200. The number of methoxy groups -OCH3 is 1. The van der Waals surface area contributed by atoms with Crippen LogP contribution in [0.25, 0.3) is 5.70 Å². The van der Waals surface area contributed by atoms with Crippen LogP contribution in [0.5, 0.6) is 0 Å². The van der Waals surface area contributed by atoms with Crippen molar-refractivity contribution in [3.05, 3.63) is 75.9 Å². The van der Waals surface area contributed by atoms with Crippen molar-refractivity contribution in [2.45, 2.75) is 19.8 Å². The molecule has 2 heterocycles. The predicted octanol–water partition coefficient (Wildman–Crippen LogP) is 3.33. The number of ketones is 1. The van der Waals surface area contributed by atoms with Gasteiger partial charge in [0.2, 0.25) is 0 Å². The number of hydrogen-bond donors (Lipinski definition) is 1. The van der Waals surface area contributed by atoms with Crippen molar-refractivity contribution in [1.29, 1.82) is 0 Å². The Morgan fingerprint density at radius 2 is 1.84 bits per heavy atom.